The zero-order chi connectivity index (χ0) is 23.3. The second-order valence-electron chi connectivity index (χ2n) is 9.37. The number of carbonyl (C=O) groups is 1. The number of nitrogens with two attached hydrogens (primary N) is 1. The van der Waals surface area contributed by atoms with E-state index in [1.807, 2.05) is 24.3 Å². The first-order valence-electron chi connectivity index (χ1n) is 11.2. The zero-order valence-corrected chi connectivity index (χ0v) is 21.1. The van der Waals surface area contributed by atoms with Crippen molar-refractivity contribution in [2.75, 3.05) is 11.1 Å². The molecule has 2 fully saturated rings. The van der Waals surface area contributed by atoms with Gasteiger partial charge in [0.25, 0.3) is 5.91 Å². The van der Waals surface area contributed by atoms with Crippen molar-refractivity contribution in [2.24, 2.45) is 18.9 Å². The van der Waals surface area contributed by atoms with E-state index in [9.17, 15) is 4.79 Å². The highest BCUT2D eigenvalue weighted by Gasteiger charge is 2.44. The monoisotopic (exact) mass is 500 g/mol. The third-order valence-electron chi connectivity index (χ3n) is 7.35. The molecule has 5 nitrogen and oxygen atoms in total. The molecule has 1 heterocycles. The van der Waals surface area contributed by atoms with Crippen molar-refractivity contribution in [3.05, 3.63) is 69.3 Å². The Morgan fingerprint density at radius 3 is 2.33 bits per heavy atom. The number of nitrogens with one attached hydrogen (secondary N) is 1. The number of nitrogens with zero attached hydrogens (tertiary/aromatic N) is 2. The molecule has 2 saturated carbocycles. The van der Waals surface area contributed by atoms with Gasteiger partial charge in [-0.1, -0.05) is 41.4 Å². The lowest BCUT2D eigenvalue weighted by Crippen LogP contribution is -2.17. The molecular weight excluding hydrogens is 474 g/mol. The standard InChI is InChI=1S/C25H27Cl2N4OP/c1-31-24(28)22(25(32)29-19-6-7-21(33)20(27)12-19)23(30-31)17-10-15-8-14(9-16(15)11-17)13-2-4-18(26)5-3-13/h2-7,12,14-17H,8-11,28,33H2,1H3,(H,29,32). The third-order valence-corrected chi connectivity index (χ3v) is 8.61. The molecule has 0 aliphatic heterocycles. The lowest BCUT2D eigenvalue weighted by atomic mass is 9.90. The Balaban J connectivity index is 1.33. The quantitative estimate of drug-likeness (QED) is 0.448. The fourth-order valence-corrected chi connectivity index (χ4v) is 6.21. The van der Waals surface area contributed by atoms with E-state index in [0.29, 0.717) is 39.8 Å². The van der Waals surface area contributed by atoms with Gasteiger partial charge < -0.3 is 11.1 Å². The van der Waals surface area contributed by atoms with Crippen LogP contribution in [-0.2, 0) is 7.05 Å². The first-order chi connectivity index (χ1) is 15.8. The average Bonchev–Trinajstić information content (AvgIpc) is 3.43. The second kappa shape index (κ2) is 8.94. The van der Waals surface area contributed by atoms with Gasteiger partial charge in [-0.2, -0.15) is 5.10 Å². The fourth-order valence-electron chi connectivity index (χ4n) is 5.72. The lowest BCUT2D eigenvalue weighted by molar-refractivity contribution is 0.102. The molecule has 3 N–H and O–H groups in total. The average molecular weight is 501 g/mol. The minimum atomic E-state index is -0.237. The van der Waals surface area contributed by atoms with Gasteiger partial charge in [0.1, 0.15) is 11.4 Å². The van der Waals surface area contributed by atoms with Gasteiger partial charge in [-0.25, -0.2) is 0 Å². The maximum Gasteiger partial charge on any atom is 0.261 e. The zero-order valence-electron chi connectivity index (χ0n) is 18.4. The van der Waals surface area contributed by atoms with Crippen molar-refractivity contribution in [1.82, 2.24) is 9.78 Å². The van der Waals surface area contributed by atoms with Gasteiger partial charge in [-0.3, -0.25) is 9.48 Å². The van der Waals surface area contributed by atoms with Gasteiger partial charge in [-0.15, -0.1) is 9.24 Å². The number of nitrogen functional groups attached to an aromatic ring is 1. The van der Waals surface area contributed by atoms with E-state index in [-0.39, 0.29) is 11.8 Å². The van der Waals surface area contributed by atoms with E-state index in [1.54, 1.807) is 17.8 Å². The molecule has 172 valence electrons. The van der Waals surface area contributed by atoms with Crippen LogP contribution in [0.1, 0.15) is 59.1 Å². The summed E-state index contributed by atoms with van der Waals surface area (Å²) in [4.78, 5) is 13.2. The maximum absolute atomic E-state index is 13.2. The molecule has 0 bridgehead atoms. The second-order valence-corrected chi connectivity index (χ2v) is 10.8. The maximum atomic E-state index is 13.2. The number of amides is 1. The molecule has 0 spiro atoms. The molecule has 2 aromatic carbocycles. The van der Waals surface area contributed by atoms with Crippen molar-refractivity contribution >= 4 is 55.2 Å². The van der Waals surface area contributed by atoms with Crippen molar-refractivity contribution in [1.29, 1.82) is 0 Å². The summed E-state index contributed by atoms with van der Waals surface area (Å²) in [5.74, 6) is 2.27. The molecule has 5 rings (SSSR count). The van der Waals surface area contributed by atoms with Crippen LogP contribution in [0, 0.1) is 11.8 Å². The highest BCUT2D eigenvalue weighted by molar-refractivity contribution is 7.28. The smallest absolute Gasteiger partial charge is 0.261 e. The Hall–Kier alpha value is -2.07. The van der Waals surface area contributed by atoms with E-state index in [2.05, 4.69) is 31.8 Å². The number of fused-ring (bicyclic) bond motifs is 1. The molecule has 0 radical (unpaired) electrons. The molecule has 1 amide bonds. The molecule has 3 unspecified atom stereocenters. The Morgan fingerprint density at radius 2 is 1.70 bits per heavy atom. The van der Waals surface area contributed by atoms with E-state index in [4.69, 9.17) is 28.9 Å². The van der Waals surface area contributed by atoms with Crippen molar-refractivity contribution < 1.29 is 4.79 Å². The van der Waals surface area contributed by atoms with E-state index in [0.717, 1.165) is 28.9 Å². The van der Waals surface area contributed by atoms with Crippen LogP contribution < -0.4 is 16.4 Å². The van der Waals surface area contributed by atoms with Gasteiger partial charge in [0, 0.05) is 28.7 Å². The van der Waals surface area contributed by atoms with Gasteiger partial charge in [-0.05, 0) is 78.6 Å². The number of benzene rings is 2. The number of rotatable bonds is 4. The summed E-state index contributed by atoms with van der Waals surface area (Å²) in [6.45, 7) is 0. The predicted molar refractivity (Wildman–Crippen MR) is 139 cm³/mol. The van der Waals surface area contributed by atoms with Crippen LogP contribution in [0.4, 0.5) is 11.5 Å². The van der Waals surface area contributed by atoms with E-state index < -0.39 is 0 Å². The summed E-state index contributed by atoms with van der Waals surface area (Å²) in [5, 5.41) is 9.88. The van der Waals surface area contributed by atoms with Gasteiger partial charge in [0.2, 0.25) is 0 Å². The number of hydrogen-bond donors (Lipinski definition) is 2. The molecule has 1 aromatic heterocycles. The molecular formula is C25H27Cl2N4OP. The van der Waals surface area contributed by atoms with Crippen LogP contribution in [0.25, 0.3) is 0 Å². The minimum Gasteiger partial charge on any atom is -0.383 e. The highest BCUT2D eigenvalue weighted by Crippen LogP contribution is 2.55. The molecule has 2 aliphatic carbocycles. The van der Waals surface area contributed by atoms with Gasteiger partial charge >= 0.3 is 0 Å². The van der Waals surface area contributed by atoms with E-state index >= 15 is 0 Å². The van der Waals surface area contributed by atoms with Crippen LogP contribution in [-0.4, -0.2) is 15.7 Å². The summed E-state index contributed by atoms with van der Waals surface area (Å²) >= 11 is 12.3. The highest BCUT2D eigenvalue weighted by atomic mass is 35.5. The number of anilines is 2. The molecule has 0 saturated heterocycles. The van der Waals surface area contributed by atoms with Crippen LogP contribution in [0.3, 0.4) is 0 Å². The molecule has 3 atom stereocenters. The summed E-state index contributed by atoms with van der Waals surface area (Å²) in [6, 6.07) is 13.7. The lowest BCUT2D eigenvalue weighted by Gasteiger charge is -2.15. The van der Waals surface area contributed by atoms with Crippen LogP contribution in [0.5, 0.6) is 0 Å². The number of aryl methyl sites for hydroxylation is 1. The van der Waals surface area contributed by atoms with Gasteiger partial charge in [0.05, 0.1) is 5.69 Å². The number of aromatic nitrogens is 2. The Bertz CT molecular complexity index is 1200. The van der Waals surface area contributed by atoms with Gasteiger partial charge in [0.15, 0.2) is 0 Å². The topological polar surface area (TPSA) is 72.9 Å². The van der Waals surface area contributed by atoms with Crippen molar-refractivity contribution in [2.45, 2.75) is 37.5 Å². The Labute approximate surface area is 206 Å². The van der Waals surface area contributed by atoms with Crippen LogP contribution in [0.15, 0.2) is 42.5 Å². The van der Waals surface area contributed by atoms with E-state index in [1.165, 1.54) is 18.4 Å². The predicted octanol–water partition coefficient (Wildman–Crippen LogP) is 5.75. The van der Waals surface area contributed by atoms with Crippen LogP contribution >= 0.6 is 32.4 Å². The summed E-state index contributed by atoms with van der Waals surface area (Å²) in [6.07, 6.45) is 4.43. The normalized spacial score (nSPS) is 24.1. The van der Waals surface area contributed by atoms with Crippen LogP contribution in [0.2, 0.25) is 10.0 Å². The van der Waals surface area contributed by atoms with Crippen molar-refractivity contribution in [3.8, 4) is 0 Å². The molecule has 3 aromatic rings. The molecule has 33 heavy (non-hydrogen) atoms. The van der Waals surface area contributed by atoms with Crippen molar-refractivity contribution in [3.63, 3.8) is 0 Å². The first-order valence-corrected chi connectivity index (χ1v) is 12.6. The largest absolute Gasteiger partial charge is 0.383 e. The number of halogens is 2. The SMILES string of the molecule is Cn1nc(C2CC3CC(c4ccc(Cl)cc4)CC3C2)c(C(=O)Nc2ccc(P)c(Cl)c2)c1N. The summed E-state index contributed by atoms with van der Waals surface area (Å²) in [7, 11) is 4.37. The summed E-state index contributed by atoms with van der Waals surface area (Å²) in [5.41, 5.74) is 9.63. The summed E-state index contributed by atoms with van der Waals surface area (Å²) < 4.78 is 1.62. The Kier molecular flexibility index (Phi) is 6.15. The fraction of sp³-hybridized carbons (Fsp3) is 0.360. The third kappa shape index (κ3) is 4.39. The first kappa shape index (κ1) is 22.7. The number of carbonyl (C=O) groups excluding carboxylic acids is 1. The minimum absolute atomic E-state index is 0.237. The Morgan fingerprint density at radius 1 is 1.06 bits per heavy atom. The number of hydrogen-bond acceptors (Lipinski definition) is 3. The molecule has 8 heteroatoms. The molecule has 2 aliphatic rings.